The average molecular weight is 304 g/mol. The third kappa shape index (κ3) is 2.80. The molecule has 112 valence electrons. The topological polar surface area (TPSA) is 54.0 Å². The van der Waals surface area contributed by atoms with Gasteiger partial charge in [0, 0.05) is 31.6 Å². The molecular formula is C15H20N4OS. The van der Waals surface area contributed by atoms with Crippen LogP contribution < -0.4 is 0 Å². The zero-order valence-corrected chi connectivity index (χ0v) is 13.0. The number of nitrogens with one attached hydrogen (secondary N) is 1. The first-order valence-electron chi connectivity index (χ1n) is 7.60. The number of aryl methyl sites for hydroxylation is 1. The van der Waals surface area contributed by atoms with Crippen LogP contribution in [0, 0.1) is 6.92 Å². The standard InChI is InChI=1S/C15H20N4OS/c1-10-4-5-16-14-13(10)17-15(18-14)21-7-6-19-8-11-2-3-12(9-19)20-11/h4-5,11-12H,2-3,6-9H2,1H3,(H,16,17,18). The number of likely N-dealkylation sites (tertiary alicyclic amines) is 1. The summed E-state index contributed by atoms with van der Waals surface area (Å²) >= 11 is 1.78. The van der Waals surface area contributed by atoms with Crippen molar-refractivity contribution >= 4 is 22.9 Å². The summed E-state index contributed by atoms with van der Waals surface area (Å²) in [6.45, 7) is 5.38. The minimum atomic E-state index is 0.479. The summed E-state index contributed by atoms with van der Waals surface area (Å²) in [7, 11) is 0. The molecule has 0 saturated carbocycles. The second-order valence-corrected chi connectivity index (χ2v) is 7.02. The zero-order chi connectivity index (χ0) is 14.2. The molecule has 2 aliphatic rings. The lowest BCUT2D eigenvalue weighted by Gasteiger charge is -2.31. The highest BCUT2D eigenvalue weighted by atomic mass is 32.2. The van der Waals surface area contributed by atoms with Gasteiger partial charge in [0.25, 0.3) is 0 Å². The van der Waals surface area contributed by atoms with Gasteiger partial charge in [-0.05, 0) is 31.4 Å². The molecule has 4 rings (SSSR count). The van der Waals surface area contributed by atoms with E-state index in [2.05, 4.69) is 26.8 Å². The van der Waals surface area contributed by atoms with Gasteiger partial charge in [-0.1, -0.05) is 11.8 Å². The molecule has 6 heteroatoms. The molecule has 0 aromatic carbocycles. The number of hydrogen-bond acceptors (Lipinski definition) is 5. The molecule has 2 unspecified atom stereocenters. The van der Waals surface area contributed by atoms with Gasteiger partial charge in [-0.2, -0.15) is 0 Å². The van der Waals surface area contributed by atoms with Crippen LogP contribution in [0.5, 0.6) is 0 Å². The number of nitrogens with zero attached hydrogens (tertiary/aromatic N) is 3. The lowest BCUT2D eigenvalue weighted by atomic mass is 10.2. The number of fused-ring (bicyclic) bond motifs is 3. The number of imidazole rings is 1. The molecule has 2 saturated heterocycles. The summed E-state index contributed by atoms with van der Waals surface area (Å²) in [5.41, 5.74) is 3.08. The van der Waals surface area contributed by atoms with Crippen LogP contribution in [0.15, 0.2) is 17.4 Å². The van der Waals surface area contributed by atoms with Crippen molar-refractivity contribution in [3.8, 4) is 0 Å². The number of ether oxygens (including phenoxy) is 1. The zero-order valence-electron chi connectivity index (χ0n) is 12.2. The number of hydrogen-bond donors (Lipinski definition) is 1. The summed E-state index contributed by atoms with van der Waals surface area (Å²) in [6, 6.07) is 2.01. The summed E-state index contributed by atoms with van der Waals surface area (Å²) in [5.74, 6) is 1.05. The van der Waals surface area contributed by atoms with Crippen molar-refractivity contribution in [3.05, 3.63) is 17.8 Å². The van der Waals surface area contributed by atoms with Gasteiger partial charge in [-0.25, -0.2) is 9.97 Å². The van der Waals surface area contributed by atoms with Gasteiger partial charge in [0.15, 0.2) is 10.8 Å². The van der Waals surface area contributed by atoms with Crippen molar-refractivity contribution in [2.45, 2.75) is 37.1 Å². The molecule has 2 aliphatic heterocycles. The lowest BCUT2D eigenvalue weighted by Crippen LogP contribution is -2.43. The lowest BCUT2D eigenvalue weighted by molar-refractivity contribution is -0.0360. The van der Waals surface area contributed by atoms with Crippen molar-refractivity contribution in [3.63, 3.8) is 0 Å². The van der Waals surface area contributed by atoms with Crippen LogP contribution in [0.25, 0.3) is 11.2 Å². The van der Waals surface area contributed by atoms with Crippen molar-refractivity contribution in [2.24, 2.45) is 0 Å². The predicted octanol–water partition coefficient (Wildman–Crippen LogP) is 2.22. The highest BCUT2D eigenvalue weighted by Crippen LogP contribution is 2.27. The van der Waals surface area contributed by atoms with Crippen molar-refractivity contribution in [1.29, 1.82) is 0 Å². The summed E-state index contributed by atoms with van der Waals surface area (Å²) < 4.78 is 5.87. The molecular weight excluding hydrogens is 284 g/mol. The van der Waals surface area contributed by atoms with Gasteiger partial charge in [-0.3, -0.25) is 4.90 Å². The number of aromatic amines is 1. The largest absolute Gasteiger partial charge is 0.372 e. The minimum Gasteiger partial charge on any atom is -0.372 e. The van der Waals surface area contributed by atoms with E-state index in [1.165, 1.54) is 18.4 Å². The van der Waals surface area contributed by atoms with Crippen LogP contribution in [0.4, 0.5) is 0 Å². The number of pyridine rings is 1. The van der Waals surface area contributed by atoms with E-state index in [9.17, 15) is 0 Å². The average Bonchev–Trinajstić information content (AvgIpc) is 3.03. The van der Waals surface area contributed by atoms with E-state index in [1.807, 2.05) is 12.3 Å². The van der Waals surface area contributed by atoms with E-state index >= 15 is 0 Å². The number of thioether (sulfide) groups is 1. The third-order valence-electron chi connectivity index (χ3n) is 4.34. The Kier molecular flexibility index (Phi) is 3.61. The molecule has 5 nitrogen and oxygen atoms in total. The van der Waals surface area contributed by atoms with Crippen molar-refractivity contribution in [2.75, 3.05) is 25.4 Å². The van der Waals surface area contributed by atoms with E-state index < -0.39 is 0 Å². The molecule has 2 aromatic rings. The van der Waals surface area contributed by atoms with Crippen LogP contribution in [-0.4, -0.2) is 57.4 Å². The molecule has 2 bridgehead atoms. The minimum absolute atomic E-state index is 0.479. The second kappa shape index (κ2) is 5.59. The Morgan fingerprint density at radius 1 is 1.38 bits per heavy atom. The van der Waals surface area contributed by atoms with Gasteiger partial charge in [0.1, 0.15) is 0 Å². The Bertz CT molecular complexity index is 632. The normalized spacial score (nSPS) is 25.8. The molecule has 21 heavy (non-hydrogen) atoms. The van der Waals surface area contributed by atoms with Gasteiger partial charge >= 0.3 is 0 Å². The van der Waals surface area contributed by atoms with Gasteiger partial charge in [0.05, 0.1) is 17.7 Å². The number of rotatable bonds is 4. The Labute approximate surface area is 128 Å². The van der Waals surface area contributed by atoms with Crippen molar-refractivity contribution in [1.82, 2.24) is 19.9 Å². The maximum Gasteiger partial charge on any atom is 0.178 e. The fourth-order valence-electron chi connectivity index (χ4n) is 3.24. The molecule has 2 atom stereocenters. The Morgan fingerprint density at radius 2 is 2.19 bits per heavy atom. The number of H-pyrrole nitrogens is 1. The van der Waals surface area contributed by atoms with Crippen LogP contribution in [-0.2, 0) is 4.74 Å². The highest BCUT2D eigenvalue weighted by Gasteiger charge is 2.33. The first kappa shape index (κ1) is 13.5. The predicted molar refractivity (Wildman–Crippen MR) is 83.7 cm³/mol. The van der Waals surface area contributed by atoms with E-state index in [1.54, 1.807) is 11.8 Å². The van der Waals surface area contributed by atoms with Crippen molar-refractivity contribution < 1.29 is 4.74 Å². The Morgan fingerprint density at radius 3 is 2.95 bits per heavy atom. The fraction of sp³-hybridized carbons (Fsp3) is 0.600. The van der Waals surface area contributed by atoms with Gasteiger partial charge < -0.3 is 9.72 Å². The van der Waals surface area contributed by atoms with E-state index in [-0.39, 0.29) is 0 Å². The SMILES string of the molecule is Cc1ccnc2nc(SCCN3CC4CCC(C3)O4)[nH]c12. The number of morpholine rings is 1. The second-order valence-electron chi connectivity index (χ2n) is 5.93. The summed E-state index contributed by atoms with van der Waals surface area (Å²) in [4.78, 5) is 14.8. The molecule has 0 aliphatic carbocycles. The summed E-state index contributed by atoms with van der Waals surface area (Å²) in [5, 5.41) is 0.975. The van der Waals surface area contributed by atoms with E-state index in [0.717, 1.165) is 41.7 Å². The quantitative estimate of drug-likeness (QED) is 0.878. The van der Waals surface area contributed by atoms with E-state index in [0.29, 0.717) is 12.2 Å². The third-order valence-corrected chi connectivity index (χ3v) is 5.20. The Hall–Kier alpha value is -1.11. The van der Waals surface area contributed by atoms with E-state index in [4.69, 9.17) is 4.74 Å². The first-order chi connectivity index (χ1) is 10.3. The molecule has 0 spiro atoms. The molecule has 0 amide bonds. The maximum atomic E-state index is 5.87. The molecule has 2 fully saturated rings. The van der Waals surface area contributed by atoms with Crippen LogP contribution in [0.1, 0.15) is 18.4 Å². The number of aromatic nitrogens is 3. The smallest absolute Gasteiger partial charge is 0.178 e. The highest BCUT2D eigenvalue weighted by molar-refractivity contribution is 7.99. The Balaban J connectivity index is 1.34. The van der Waals surface area contributed by atoms with Crippen LogP contribution in [0.2, 0.25) is 0 Å². The van der Waals surface area contributed by atoms with Gasteiger partial charge in [-0.15, -0.1) is 0 Å². The fourth-order valence-corrected chi connectivity index (χ4v) is 4.10. The first-order valence-corrected chi connectivity index (χ1v) is 8.58. The maximum absolute atomic E-state index is 5.87. The van der Waals surface area contributed by atoms with Gasteiger partial charge in [0.2, 0.25) is 0 Å². The van der Waals surface area contributed by atoms with Crippen LogP contribution >= 0.6 is 11.8 Å². The molecule has 1 N–H and O–H groups in total. The summed E-state index contributed by atoms with van der Waals surface area (Å²) in [6.07, 6.45) is 5.25. The molecule has 0 radical (unpaired) electrons. The molecule has 2 aromatic heterocycles. The van der Waals surface area contributed by atoms with Crippen LogP contribution in [0.3, 0.4) is 0 Å². The molecule has 4 heterocycles. The monoisotopic (exact) mass is 304 g/mol.